The Morgan fingerprint density at radius 1 is 1.28 bits per heavy atom. The van der Waals surface area contributed by atoms with E-state index in [1.54, 1.807) is 6.92 Å². The summed E-state index contributed by atoms with van der Waals surface area (Å²) in [6.07, 6.45) is 0. The SMILES string of the molecule is Cc1ccc(CNC(=O)c2ccc(F)cc2C)o1. The van der Waals surface area contributed by atoms with Gasteiger partial charge in [-0.2, -0.15) is 0 Å². The van der Waals surface area contributed by atoms with Gasteiger partial charge < -0.3 is 9.73 Å². The van der Waals surface area contributed by atoms with Crippen LogP contribution in [-0.2, 0) is 6.54 Å². The van der Waals surface area contributed by atoms with Crippen molar-refractivity contribution in [2.45, 2.75) is 20.4 Å². The summed E-state index contributed by atoms with van der Waals surface area (Å²) < 4.78 is 18.3. The molecule has 4 heteroatoms. The van der Waals surface area contributed by atoms with Gasteiger partial charge in [-0.1, -0.05) is 0 Å². The zero-order valence-electron chi connectivity index (χ0n) is 10.3. The van der Waals surface area contributed by atoms with Gasteiger partial charge in [0.05, 0.1) is 6.54 Å². The third kappa shape index (κ3) is 2.77. The van der Waals surface area contributed by atoms with E-state index in [-0.39, 0.29) is 11.7 Å². The highest BCUT2D eigenvalue weighted by Gasteiger charge is 2.10. The minimum Gasteiger partial charge on any atom is -0.465 e. The van der Waals surface area contributed by atoms with Gasteiger partial charge in [-0.05, 0) is 49.7 Å². The highest BCUT2D eigenvalue weighted by molar-refractivity contribution is 5.95. The van der Waals surface area contributed by atoms with Crippen LogP contribution in [0.2, 0.25) is 0 Å². The third-order valence-electron chi connectivity index (χ3n) is 2.65. The Morgan fingerprint density at radius 3 is 2.67 bits per heavy atom. The van der Waals surface area contributed by atoms with Crippen LogP contribution < -0.4 is 5.32 Å². The molecule has 1 aromatic heterocycles. The first kappa shape index (κ1) is 12.4. The lowest BCUT2D eigenvalue weighted by Gasteiger charge is -2.06. The van der Waals surface area contributed by atoms with Crippen LogP contribution in [0.25, 0.3) is 0 Å². The minimum absolute atomic E-state index is 0.235. The lowest BCUT2D eigenvalue weighted by atomic mass is 10.1. The molecule has 1 amide bonds. The zero-order chi connectivity index (χ0) is 13.1. The largest absolute Gasteiger partial charge is 0.465 e. The summed E-state index contributed by atoms with van der Waals surface area (Å²) in [5.41, 5.74) is 1.09. The Kier molecular flexibility index (Phi) is 3.46. The number of furan rings is 1. The second kappa shape index (κ2) is 5.04. The van der Waals surface area contributed by atoms with E-state index in [0.29, 0.717) is 23.4 Å². The van der Waals surface area contributed by atoms with Crippen molar-refractivity contribution < 1.29 is 13.6 Å². The fourth-order valence-electron chi connectivity index (χ4n) is 1.72. The molecule has 0 bridgehead atoms. The van der Waals surface area contributed by atoms with Crippen LogP contribution in [0.1, 0.15) is 27.4 Å². The van der Waals surface area contributed by atoms with Crippen molar-refractivity contribution in [3.8, 4) is 0 Å². The number of rotatable bonds is 3. The van der Waals surface area contributed by atoms with E-state index in [9.17, 15) is 9.18 Å². The Morgan fingerprint density at radius 2 is 2.06 bits per heavy atom. The van der Waals surface area contributed by atoms with Crippen LogP contribution in [0.4, 0.5) is 4.39 Å². The van der Waals surface area contributed by atoms with Crippen LogP contribution in [0.5, 0.6) is 0 Å². The molecule has 3 nitrogen and oxygen atoms in total. The molecule has 2 rings (SSSR count). The quantitative estimate of drug-likeness (QED) is 0.906. The van der Waals surface area contributed by atoms with E-state index in [1.807, 2.05) is 19.1 Å². The molecule has 0 spiro atoms. The number of hydrogen-bond acceptors (Lipinski definition) is 2. The normalized spacial score (nSPS) is 10.4. The second-order valence-electron chi connectivity index (χ2n) is 4.15. The van der Waals surface area contributed by atoms with Crippen molar-refractivity contribution in [2.24, 2.45) is 0 Å². The van der Waals surface area contributed by atoms with Crippen LogP contribution >= 0.6 is 0 Å². The van der Waals surface area contributed by atoms with Crippen molar-refractivity contribution in [3.63, 3.8) is 0 Å². The van der Waals surface area contributed by atoms with Gasteiger partial charge >= 0.3 is 0 Å². The maximum Gasteiger partial charge on any atom is 0.251 e. The summed E-state index contributed by atoms with van der Waals surface area (Å²) in [6.45, 7) is 3.87. The lowest BCUT2D eigenvalue weighted by Crippen LogP contribution is -2.23. The topological polar surface area (TPSA) is 42.2 Å². The lowest BCUT2D eigenvalue weighted by molar-refractivity contribution is 0.0947. The molecule has 1 N–H and O–H groups in total. The molecular formula is C14H14FNO2. The Balaban J connectivity index is 2.03. The van der Waals surface area contributed by atoms with Gasteiger partial charge in [0.15, 0.2) is 0 Å². The molecule has 0 aliphatic carbocycles. The fourth-order valence-corrected chi connectivity index (χ4v) is 1.72. The number of carbonyl (C=O) groups excluding carboxylic acids is 1. The fraction of sp³-hybridized carbons (Fsp3) is 0.214. The highest BCUT2D eigenvalue weighted by Crippen LogP contribution is 2.11. The Labute approximate surface area is 105 Å². The van der Waals surface area contributed by atoms with E-state index in [4.69, 9.17) is 4.42 Å². The molecule has 0 saturated heterocycles. The average molecular weight is 247 g/mol. The second-order valence-corrected chi connectivity index (χ2v) is 4.15. The third-order valence-corrected chi connectivity index (χ3v) is 2.65. The number of hydrogen-bond donors (Lipinski definition) is 1. The number of carbonyl (C=O) groups is 1. The maximum atomic E-state index is 12.9. The predicted molar refractivity (Wildman–Crippen MR) is 65.8 cm³/mol. The van der Waals surface area contributed by atoms with Crippen molar-refractivity contribution in [1.29, 1.82) is 0 Å². The van der Waals surface area contributed by atoms with Gasteiger partial charge in [0, 0.05) is 5.56 Å². The minimum atomic E-state index is -0.342. The van der Waals surface area contributed by atoms with Crippen molar-refractivity contribution in [3.05, 3.63) is 58.8 Å². The van der Waals surface area contributed by atoms with Gasteiger partial charge in [-0.15, -0.1) is 0 Å². The highest BCUT2D eigenvalue weighted by atomic mass is 19.1. The van der Waals surface area contributed by atoms with E-state index >= 15 is 0 Å². The summed E-state index contributed by atoms with van der Waals surface area (Å²) in [6, 6.07) is 7.75. The number of amides is 1. The molecular weight excluding hydrogens is 233 g/mol. The monoisotopic (exact) mass is 247 g/mol. The van der Waals surface area contributed by atoms with Crippen molar-refractivity contribution >= 4 is 5.91 Å². The smallest absolute Gasteiger partial charge is 0.251 e. The maximum absolute atomic E-state index is 12.9. The first-order valence-corrected chi connectivity index (χ1v) is 5.66. The van der Waals surface area contributed by atoms with Gasteiger partial charge in [0.25, 0.3) is 5.91 Å². The molecule has 0 unspecified atom stereocenters. The number of halogens is 1. The van der Waals surface area contributed by atoms with Gasteiger partial charge in [0.1, 0.15) is 17.3 Å². The van der Waals surface area contributed by atoms with Crippen LogP contribution in [0, 0.1) is 19.7 Å². The molecule has 1 heterocycles. The predicted octanol–water partition coefficient (Wildman–Crippen LogP) is 2.97. The zero-order valence-corrected chi connectivity index (χ0v) is 10.3. The van der Waals surface area contributed by atoms with Gasteiger partial charge in [0.2, 0.25) is 0 Å². The Bertz CT molecular complexity index is 575. The molecule has 0 aliphatic heterocycles. The summed E-state index contributed by atoms with van der Waals surface area (Å²) in [5.74, 6) is 0.921. The molecule has 0 aliphatic rings. The van der Waals surface area contributed by atoms with E-state index < -0.39 is 0 Å². The van der Waals surface area contributed by atoms with Crippen molar-refractivity contribution in [1.82, 2.24) is 5.32 Å². The van der Waals surface area contributed by atoms with Gasteiger partial charge in [-0.3, -0.25) is 4.79 Å². The Hall–Kier alpha value is -2.10. The molecule has 0 saturated carbocycles. The van der Waals surface area contributed by atoms with E-state index in [0.717, 1.165) is 5.76 Å². The van der Waals surface area contributed by atoms with Crippen molar-refractivity contribution in [2.75, 3.05) is 0 Å². The molecule has 18 heavy (non-hydrogen) atoms. The van der Waals surface area contributed by atoms with Crippen LogP contribution in [0.3, 0.4) is 0 Å². The first-order valence-electron chi connectivity index (χ1n) is 5.66. The first-order chi connectivity index (χ1) is 8.56. The van der Waals surface area contributed by atoms with Crippen LogP contribution in [0.15, 0.2) is 34.7 Å². The summed E-state index contributed by atoms with van der Waals surface area (Å²) in [4.78, 5) is 11.9. The number of aryl methyl sites for hydroxylation is 2. The molecule has 94 valence electrons. The average Bonchev–Trinajstić information content (AvgIpc) is 2.72. The molecule has 0 atom stereocenters. The summed E-state index contributed by atoms with van der Waals surface area (Å²) in [5, 5.41) is 2.73. The number of benzene rings is 1. The molecule has 0 fully saturated rings. The number of nitrogens with one attached hydrogen (secondary N) is 1. The molecule has 2 aromatic rings. The summed E-state index contributed by atoms with van der Waals surface area (Å²) in [7, 11) is 0. The molecule has 0 radical (unpaired) electrons. The van der Waals surface area contributed by atoms with E-state index in [2.05, 4.69) is 5.32 Å². The molecule has 1 aromatic carbocycles. The summed E-state index contributed by atoms with van der Waals surface area (Å²) >= 11 is 0. The van der Waals surface area contributed by atoms with Gasteiger partial charge in [-0.25, -0.2) is 4.39 Å². The standard InChI is InChI=1S/C14H14FNO2/c1-9-7-11(15)4-6-13(9)14(17)16-8-12-5-3-10(2)18-12/h3-7H,8H2,1-2H3,(H,16,17). The van der Waals surface area contributed by atoms with E-state index in [1.165, 1.54) is 18.2 Å². The van der Waals surface area contributed by atoms with Crippen LogP contribution in [-0.4, -0.2) is 5.91 Å².